The van der Waals surface area contributed by atoms with Crippen LogP contribution in [-0.4, -0.2) is 60.8 Å². The Morgan fingerprint density at radius 3 is 2.12 bits per heavy atom. The first-order chi connectivity index (χ1) is 12.1. The summed E-state index contributed by atoms with van der Waals surface area (Å²) < 4.78 is 32.5. The van der Waals surface area contributed by atoms with Gasteiger partial charge in [0.25, 0.3) is 0 Å². The lowest BCUT2D eigenvalue weighted by atomic mass is 9.69. The van der Waals surface area contributed by atoms with Crippen molar-refractivity contribution in [3.05, 3.63) is 17.1 Å². The van der Waals surface area contributed by atoms with Gasteiger partial charge in [-0.05, 0) is 26.7 Å². The van der Waals surface area contributed by atoms with Crippen LogP contribution in [0.5, 0.6) is 0 Å². The number of carbonyl (C=O) groups excluding carboxylic acids is 1. The molecule has 0 bridgehead atoms. The standard InChI is InChI=1S/C17H24N2O6S/c1-11-13(15(20)21)14(12(2)25-11)26(23,24)19-9-7-18(8-10-19)16(22)17(3)5-4-6-17/h4-10H2,1-3H3,(H,20,21). The lowest BCUT2D eigenvalue weighted by molar-refractivity contribution is -0.147. The fraction of sp³-hybridized carbons (Fsp3) is 0.647. The number of carboxylic acids is 1. The highest BCUT2D eigenvalue weighted by molar-refractivity contribution is 7.89. The van der Waals surface area contributed by atoms with Gasteiger partial charge in [0.05, 0.1) is 0 Å². The first-order valence-electron chi connectivity index (χ1n) is 8.71. The maximum absolute atomic E-state index is 13.0. The molecule has 0 aromatic carbocycles. The van der Waals surface area contributed by atoms with Gasteiger partial charge in [0.2, 0.25) is 15.9 Å². The zero-order valence-electron chi connectivity index (χ0n) is 15.2. The van der Waals surface area contributed by atoms with E-state index in [1.54, 1.807) is 4.90 Å². The number of furan rings is 1. The first kappa shape index (κ1) is 18.9. The third kappa shape index (κ3) is 2.92. The van der Waals surface area contributed by atoms with E-state index in [9.17, 15) is 23.1 Å². The average Bonchev–Trinajstić information content (AvgIpc) is 2.87. The molecule has 1 saturated heterocycles. The van der Waals surface area contributed by atoms with E-state index in [-0.39, 0.29) is 46.4 Å². The lowest BCUT2D eigenvalue weighted by Crippen LogP contribution is -2.55. The second-order valence-corrected chi connectivity index (χ2v) is 9.21. The quantitative estimate of drug-likeness (QED) is 0.845. The number of hydrogen-bond acceptors (Lipinski definition) is 5. The Morgan fingerprint density at radius 1 is 1.08 bits per heavy atom. The summed E-state index contributed by atoms with van der Waals surface area (Å²) in [5.41, 5.74) is -0.626. The minimum absolute atomic E-state index is 0.0697. The molecule has 0 atom stereocenters. The summed E-state index contributed by atoms with van der Waals surface area (Å²) in [6.07, 6.45) is 2.80. The molecule has 2 heterocycles. The van der Waals surface area contributed by atoms with Crippen molar-refractivity contribution in [1.82, 2.24) is 9.21 Å². The summed E-state index contributed by atoms with van der Waals surface area (Å²) >= 11 is 0. The van der Waals surface area contributed by atoms with Gasteiger partial charge in [-0.3, -0.25) is 4.79 Å². The van der Waals surface area contributed by atoms with E-state index in [0.717, 1.165) is 19.3 Å². The Balaban J connectivity index is 1.79. The number of hydrogen-bond donors (Lipinski definition) is 1. The molecule has 2 fully saturated rings. The fourth-order valence-electron chi connectivity index (χ4n) is 3.78. The molecular formula is C17H24N2O6S. The van der Waals surface area contributed by atoms with Gasteiger partial charge in [0.15, 0.2) is 0 Å². The van der Waals surface area contributed by atoms with Gasteiger partial charge < -0.3 is 14.4 Å². The smallest absolute Gasteiger partial charge is 0.340 e. The molecule has 9 heteroatoms. The predicted molar refractivity (Wildman–Crippen MR) is 92.4 cm³/mol. The molecule has 1 N–H and O–H groups in total. The average molecular weight is 384 g/mol. The Bertz CT molecular complexity index is 845. The number of aromatic carboxylic acids is 1. The summed E-state index contributed by atoms with van der Waals surface area (Å²) in [5.74, 6) is -1.10. The van der Waals surface area contributed by atoms with Gasteiger partial charge in [-0.1, -0.05) is 13.3 Å². The van der Waals surface area contributed by atoms with Crippen molar-refractivity contribution in [2.45, 2.75) is 44.9 Å². The molecule has 1 amide bonds. The Kier molecular flexibility index (Phi) is 4.64. The van der Waals surface area contributed by atoms with Crippen LogP contribution in [0.4, 0.5) is 0 Å². The van der Waals surface area contributed by atoms with Crippen LogP contribution in [0.25, 0.3) is 0 Å². The van der Waals surface area contributed by atoms with Crippen LogP contribution in [0.15, 0.2) is 9.31 Å². The van der Waals surface area contributed by atoms with Gasteiger partial charge in [-0.15, -0.1) is 0 Å². The van der Waals surface area contributed by atoms with Crippen LogP contribution < -0.4 is 0 Å². The molecule has 26 heavy (non-hydrogen) atoms. The van der Waals surface area contributed by atoms with Crippen LogP contribution in [0.1, 0.15) is 48.1 Å². The Morgan fingerprint density at radius 2 is 1.65 bits per heavy atom. The number of piperazine rings is 1. The molecule has 1 aromatic heterocycles. The number of nitrogens with zero attached hydrogens (tertiary/aromatic N) is 2. The van der Waals surface area contributed by atoms with E-state index in [1.807, 2.05) is 6.92 Å². The lowest BCUT2D eigenvalue weighted by Gasteiger charge is -2.43. The summed E-state index contributed by atoms with van der Waals surface area (Å²) in [5, 5.41) is 9.36. The molecule has 144 valence electrons. The van der Waals surface area contributed by atoms with Crippen molar-refractivity contribution < 1.29 is 27.5 Å². The van der Waals surface area contributed by atoms with E-state index in [4.69, 9.17) is 4.42 Å². The van der Waals surface area contributed by atoms with Crippen LogP contribution in [-0.2, 0) is 14.8 Å². The maximum Gasteiger partial charge on any atom is 0.340 e. The Labute approximate surface area is 152 Å². The van der Waals surface area contributed by atoms with E-state index >= 15 is 0 Å². The highest BCUT2D eigenvalue weighted by Gasteiger charge is 2.44. The van der Waals surface area contributed by atoms with E-state index in [2.05, 4.69) is 0 Å². The number of amides is 1. The molecule has 0 radical (unpaired) electrons. The number of aryl methyl sites for hydroxylation is 2. The SMILES string of the molecule is Cc1oc(C)c(S(=O)(=O)N2CCN(C(=O)C3(C)CCC3)CC2)c1C(=O)O. The largest absolute Gasteiger partial charge is 0.478 e. The Hall–Kier alpha value is -1.87. The van der Waals surface area contributed by atoms with Crippen molar-refractivity contribution >= 4 is 21.9 Å². The molecule has 1 aliphatic carbocycles. The first-order valence-corrected chi connectivity index (χ1v) is 10.1. The van der Waals surface area contributed by atoms with Gasteiger partial charge in [-0.25, -0.2) is 13.2 Å². The molecule has 1 aromatic rings. The third-order valence-electron chi connectivity index (χ3n) is 5.52. The number of carbonyl (C=O) groups is 2. The maximum atomic E-state index is 13.0. The van der Waals surface area contributed by atoms with Gasteiger partial charge in [0, 0.05) is 31.6 Å². The van der Waals surface area contributed by atoms with E-state index in [1.165, 1.54) is 18.2 Å². The monoisotopic (exact) mass is 384 g/mol. The summed E-state index contributed by atoms with van der Waals surface area (Å²) in [4.78, 5) is 25.5. The minimum Gasteiger partial charge on any atom is -0.478 e. The van der Waals surface area contributed by atoms with Crippen molar-refractivity contribution in [2.75, 3.05) is 26.2 Å². The molecule has 8 nitrogen and oxygen atoms in total. The molecule has 1 aliphatic heterocycles. The van der Waals surface area contributed by atoms with E-state index in [0.29, 0.717) is 13.1 Å². The molecule has 3 rings (SSSR count). The molecular weight excluding hydrogens is 360 g/mol. The number of sulfonamides is 1. The van der Waals surface area contributed by atoms with Crippen LogP contribution in [0, 0.1) is 19.3 Å². The van der Waals surface area contributed by atoms with Crippen molar-refractivity contribution in [2.24, 2.45) is 5.41 Å². The molecule has 2 aliphatic rings. The van der Waals surface area contributed by atoms with Gasteiger partial charge >= 0.3 is 5.97 Å². The summed E-state index contributed by atoms with van der Waals surface area (Å²) in [7, 11) is -4.00. The fourth-order valence-corrected chi connectivity index (χ4v) is 5.58. The molecule has 0 unspecified atom stereocenters. The van der Waals surface area contributed by atoms with Gasteiger partial charge in [-0.2, -0.15) is 4.31 Å². The zero-order valence-corrected chi connectivity index (χ0v) is 16.1. The van der Waals surface area contributed by atoms with Crippen molar-refractivity contribution in [3.63, 3.8) is 0 Å². The normalized spacial score (nSPS) is 20.7. The highest BCUT2D eigenvalue weighted by atomic mass is 32.2. The predicted octanol–water partition coefficient (Wildman–Crippen LogP) is 1.62. The summed E-state index contributed by atoms with van der Waals surface area (Å²) in [6.45, 7) is 5.76. The van der Waals surface area contributed by atoms with Crippen LogP contribution in [0.3, 0.4) is 0 Å². The number of rotatable bonds is 4. The number of carboxylic acid groups (broad SMARTS) is 1. The topological polar surface area (TPSA) is 108 Å². The van der Waals surface area contributed by atoms with Crippen molar-refractivity contribution in [1.29, 1.82) is 0 Å². The minimum atomic E-state index is -4.00. The zero-order chi connectivity index (χ0) is 19.3. The third-order valence-corrected chi connectivity index (χ3v) is 7.57. The summed E-state index contributed by atoms with van der Waals surface area (Å²) in [6, 6.07) is 0. The van der Waals surface area contributed by atoms with E-state index < -0.39 is 16.0 Å². The van der Waals surface area contributed by atoms with Crippen LogP contribution >= 0.6 is 0 Å². The second-order valence-electron chi connectivity index (χ2n) is 7.33. The van der Waals surface area contributed by atoms with Crippen LogP contribution in [0.2, 0.25) is 0 Å². The molecule has 0 spiro atoms. The second kappa shape index (κ2) is 6.38. The van der Waals surface area contributed by atoms with Gasteiger partial charge in [0.1, 0.15) is 22.0 Å². The highest BCUT2D eigenvalue weighted by Crippen LogP contribution is 2.42. The van der Waals surface area contributed by atoms with Crippen molar-refractivity contribution in [3.8, 4) is 0 Å². The molecule has 1 saturated carbocycles.